The summed E-state index contributed by atoms with van der Waals surface area (Å²) >= 11 is 0. The van der Waals surface area contributed by atoms with Gasteiger partial charge in [-0.3, -0.25) is 0 Å². The number of hydrogen-bond acceptors (Lipinski definition) is 2. The van der Waals surface area contributed by atoms with Gasteiger partial charge in [0.15, 0.2) is 0 Å². The Morgan fingerprint density at radius 3 is 2.10 bits per heavy atom. The SMILES string of the molecule is CC1(C)c2ccccc2-c2c(N(c3ccc4oc5ccccc5c4c3)c3cc4c5ccccc5n5c4c4c3C3(CCCC3)c3cccc(c3-4)-c3ccccc3-5)cccc21. The maximum Gasteiger partial charge on any atom is 0.135 e. The molecule has 0 amide bonds. The Bertz CT molecular complexity index is 3500. The number of benzene rings is 8. The first-order chi connectivity index (χ1) is 29.0. The molecule has 280 valence electrons. The molecule has 1 fully saturated rings. The molecule has 3 nitrogen and oxygen atoms in total. The fourth-order valence-electron chi connectivity index (χ4n) is 12.4. The van der Waals surface area contributed by atoms with Crippen molar-refractivity contribution in [2.24, 2.45) is 0 Å². The molecular weight excluding hydrogens is 717 g/mol. The lowest BCUT2D eigenvalue weighted by molar-refractivity contribution is 0.551. The van der Waals surface area contributed by atoms with E-state index in [-0.39, 0.29) is 10.8 Å². The van der Waals surface area contributed by atoms with Crippen LogP contribution in [0.15, 0.2) is 162 Å². The molecule has 2 aromatic heterocycles. The molecule has 3 aliphatic carbocycles. The van der Waals surface area contributed by atoms with E-state index in [1.165, 1.54) is 107 Å². The van der Waals surface area contributed by atoms with E-state index in [2.05, 4.69) is 181 Å². The number of hydrogen-bond donors (Lipinski definition) is 0. The van der Waals surface area contributed by atoms with Gasteiger partial charge in [0.05, 0.1) is 28.1 Å². The summed E-state index contributed by atoms with van der Waals surface area (Å²) in [5.41, 5.74) is 23.0. The second kappa shape index (κ2) is 11.0. The first-order valence-electron chi connectivity index (χ1n) is 21.3. The van der Waals surface area contributed by atoms with Crippen molar-refractivity contribution >= 4 is 60.8 Å². The van der Waals surface area contributed by atoms with E-state index in [1.54, 1.807) is 0 Å². The van der Waals surface area contributed by atoms with Crippen molar-refractivity contribution < 1.29 is 4.42 Å². The number of furan rings is 1. The molecule has 14 rings (SSSR count). The highest BCUT2D eigenvalue weighted by Crippen LogP contribution is 2.66. The van der Waals surface area contributed by atoms with Crippen molar-refractivity contribution in [3.63, 3.8) is 0 Å². The van der Waals surface area contributed by atoms with Crippen molar-refractivity contribution in [3.8, 4) is 39.1 Å². The van der Waals surface area contributed by atoms with Crippen LogP contribution in [0.2, 0.25) is 0 Å². The van der Waals surface area contributed by atoms with Crippen LogP contribution in [0.25, 0.3) is 82.8 Å². The minimum absolute atomic E-state index is 0.114. The van der Waals surface area contributed by atoms with Crippen LogP contribution in [0.4, 0.5) is 17.1 Å². The van der Waals surface area contributed by atoms with Crippen molar-refractivity contribution in [3.05, 3.63) is 180 Å². The van der Waals surface area contributed by atoms with Gasteiger partial charge >= 0.3 is 0 Å². The fraction of sp³-hybridized carbons (Fsp3) is 0.143. The molecule has 1 saturated carbocycles. The highest BCUT2D eigenvalue weighted by atomic mass is 16.3. The van der Waals surface area contributed by atoms with Crippen molar-refractivity contribution in [2.45, 2.75) is 50.4 Å². The van der Waals surface area contributed by atoms with Gasteiger partial charge in [-0.1, -0.05) is 136 Å². The molecule has 0 atom stereocenters. The summed E-state index contributed by atoms with van der Waals surface area (Å²) in [6.45, 7) is 4.79. The molecule has 0 radical (unpaired) electrons. The summed E-state index contributed by atoms with van der Waals surface area (Å²) in [6, 6.07) is 59.5. The van der Waals surface area contributed by atoms with Gasteiger partial charge in [0.1, 0.15) is 11.2 Å². The molecule has 8 aromatic carbocycles. The second-order valence-electron chi connectivity index (χ2n) is 17.9. The maximum atomic E-state index is 6.48. The molecule has 3 heterocycles. The third-order valence-electron chi connectivity index (χ3n) is 14.8. The van der Waals surface area contributed by atoms with Gasteiger partial charge in [0.25, 0.3) is 0 Å². The van der Waals surface area contributed by atoms with Crippen molar-refractivity contribution in [1.29, 1.82) is 0 Å². The molecular formula is C56H40N2O. The van der Waals surface area contributed by atoms with Crippen molar-refractivity contribution in [2.75, 3.05) is 4.90 Å². The number of fused-ring (bicyclic) bond motifs is 14. The van der Waals surface area contributed by atoms with Crippen molar-refractivity contribution in [1.82, 2.24) is 4.57 Å². The Kier molecular flexibility index (Phi) is 6.00. The van der Waals surface area contributed by atoms with E-state index in [4.69, 9.17) is 4.42 Å². The molecule has 10 aromatic rings. The number of rotatable bonds is 3. The van der Waals surface area contributed by atoms with Crippen LogP contribution in [-0.2, 0) is 10.8 Å². The number of aromatic nitrogens is 1. The van der Waals surface area contributed by atoms with Gasteiger partial charge < -0.3 is 13.9 Å². The number of nitrogens with zero attached hydrogens (tertiary/aromatic N) is 2. The minimum Gasteiger partial charge on any atom is -0.456 e. The van der Waals surface area contributed by atoms with Gasteiger partial charge in [-0.15, -0.1) is 0 Å². The Morgan fingerprint density at radius 1 is 0.508 bits per heavy atom. The maximum absolute atomic E-state index is 6.48. The normalized spacial score (nSPS) is 16.0. The second-order valence-corrected chi connectivity index (χ2v) is 17.9. The summed E-state index contributed by atoms with van der Waals surface area (Å²) in [5.74, 6) is 0. The Labute approximate surface area is 342 Å². The first kappa shape index (κ1) is 32.2. The van der Waals surface area contributed by atoms with Crippen LogP contribution in [0.1, 0.15) is 61.8 Å². The zero-order chi connectivity index (χ0) is 38.8. The minimum atomic E-state index is -0.139. The van der Waals surface area contributed by atoms with Crippen LogP contribution in [0.3, 0.4) is 0 Å². The predicted octanol–water partition coefficient (Wildman–Crippen LogP) is 15.3. The summed E-state index contributed by atoms with van der Waals surface area (Å²) in [4.78, 5) is 2.67. The van der Waals surface area contributed by atoms with Crippen LogP contribution < -0.4 is 4.90 Å². The molecule has 0 N–H and O–H groups in total. The lowest BCUT2D eigenvalue weighted by atomic mass is 9.75. The topological polar surface area (TPSA) is 21.3 Å². The van der Waals surface area contributed by atoms with E-state index in [9.17, 15) is 0 Å². The van der Waals surface area contributed by atoms with E-state index in [1.807, 2.05) is 0 Å². The van der Waals surface area contributed by atoms with E-state index >= 15 is 0 Å². The van der Waals surface area contributed by atoms with E-state index in [0.717, 1.165) is 40.5 Å². The molecule has 1 spiro atoms. The summed E-state index contributed by atoms with van der Waals surface area (Å²) < 4.78 is 9.08. The Morgan fingerprint density at radius 2 is 1.20 bits per heavy atom. The molecule has 59 heavy (non-hydrogen) atoms. The zero-order valence-electron chi connectivity index (χ0n) is 33.1. The quantitative estimate of drug-likeness (QED) is 0.179. The van der Waals surface area contributed by atoms with Gasteiger partial charge in [0, 0.05) is 54.8 Å². The monoisotopic (exact) mass is 756 g/mol. The van der Waals surface area contributed by atoms with Crippen LogP contribution in [-0.4, -0.2) is 4.57 Å². The Balaban J connectivity index is 1.19. The highest BCUT2D eigenvalue weighted by molar-refractivity contribution is 6.21. The molecule has 0 bridgehead atoms. The number of anilines is 3. The summed E-state index contributed by atoms with van der Waals surface area (Å²) in [6.07, 6.45) is 4.71. The fourth-order valence-corrected chi connectivity index (χ4v) is 12.4. The lowest BCUT2D eigenvalue weighted by Crippen LogP contribution is -2.24. The zero-order valence-corrected chi connectivity index (χ0v) is 33.1. The smallest absolute Gasteiger partial charge is 0.135 e. The molecule has 0 unspecified atom stereocenters. The standard InChI is InChI=1S/C56H40N2O/c1-55(2)41-20-7-3-18-38(41)50-42(55)21-14-25-46(50)57(33-27-28-49-39(31-33)36-17-6-10-26-48(36)59-49)47-32-40-35-16-5-9-24-45(35)58-44-23-8-4-15-34(44)37-19-13-22-43-51(37)52(54(40)58)53(47)56(43)29-11-12-30-56/h3-10,13-28,31-32H,11-12,29-30H2,1-2H3. The average Bonchev–Trinajstić information content (AvgIpc) is 4.07. The number of para-hydroxylation sites is 3. The highest BCUT2D eigenvalue weighted by Gasteiger charge is 2.51. The van der Waals surface area contributed by atoms with E-state index in [0.29, 0.717) is 0 Å². The first-order valence-corrected chi connectivity index (χ1v) is 21.3. The third kappa shape index (κ3) is 3.85. The average molecular weight is 757 g/mol. The van der Waals surface area contributed by atoms with Gasteiger partial charge in [-0.2, -0.15) is 0 Å². The van der Waals surface area contributed by atoms with Crippen LogP contribution >= 0.6 is 0 Å². The van der Waals surface area contributed by atoms with Gasteiger partial charge in [-0.25, -0.2) is 0 Å². The molecule has 0 saturated heterocycles. The van der Waals surface area contributed by atoms with Crippen LogP contribution in [0, 0.1) is 0 Å². The molecule has 1 aliphatic heterocycles. The Hall–Kier alpha value is -6.84. The third-order valence-corrected chi connectivity index (χ3v) is 14.8. The summed E-state index contributed by atoms with van der Waals surface area (Å²) in [5, 5.41) is 4.87. The van der Waals surface area contributed by atoms with Gasteiger partial charge in [-0.05, 0) is 100 Å². The predicted molar refractivity (Wildman–Crippen MR) is 244 cm³/mol. The summed E-state index contributed by atoms with van der Waals surface area (Å²) in [7, 11) is 0. The largest absolute Gasteiger partial charge is 0.456 e. The molecule has 3 heteroatoms. The lowest BCUT2D eigenvalue weighted by Gasteiger charge is -2.35. The van der Waals surface area contributed by atoms with Crippen LogP contribution in [0.5, 0.6) is 0 Å². The molecule has 4 aliphatic rings. The van der Waals surface area contributed by atoms with E-state index < -0.39 is 0 Å². The van der Waals surface area contributed by atoms with Gasteiger partial charge in [0.2, 0.25) is 0 Å².